The summed E-state index contributed by atoms with van der Waals surface area (Å²) in [5.74, 6) is 1.66. The van der Waals surface area contributed by atoms with E-state index in [2.05, 4.69) is 39.5 Å². The number of ether oxygens (including phenoxy) is 2. The van der Waals surface area contributed by atoms with Crippen LogP contribution in [0.1, 0.15) is 17.2 Å². The number of hydrogen-bond acceptors (Lipinski definition) is 5. The summed E-state index contributed by atoms with van der Waals surface area (Å²) in [6.45, 7) is 3.82. The van der Waals surface area contributed by atoms with Gasteiger partial charge >= 0.3 is 0 Å². The van der Waals surface area contributed by atoms with E-state index in [1.165, 1.54) is 11.1 Å². The number of aromatic nitrogens is 1. The molecule has 0 radical (unpaired) electrons. The highest BCUT2D eigenvalue weighted by molar-refractivity contribution is 5.38. The summed E-state index contributed by atoms with van der Waals surface area (Å²) < 4.78 is 10.8. The normalized spacial score (nSPS) is 18.6. The van der Waals surface area contributed by atoms with Crippen molar-refractivity contribution >= 4 is 0 Å². The Hall–Kier alpha value is -2.11. The highest BCUT2D eigenvalue weighted by Crippen LogP contribution is 2.27. The average Bonchev–Trinajstić information content (AvgIpc) is 2.62. The number of nitrogens with zero attached hydrogens (tertiary/aromatic N) is 2. The third-order valence-electron chi connectivity index (χ3n) is 4.24. The average molecular weight is 313 g/mol. The standard InChI is InChI=1S/C18H23N3O2/c1-22-16-9-14(10-17(11-16)23-2)13-21-8-7-20-12-18(21)15-3-5-19-6-4-15/h3-6,9-11,18,20H,7-8,12-13H2,1-2H3. The van der Waals surface area contributed by atoms with Crippen molar-refractivity contribution in [3.05, 3.63) is 53.9 Å². The lowest BCUT2D eigenvalue weighted by atomic mass is 10.0. The number of piperazine rings is 1. The Morgan fingerprint density at radius 1 is 1.13 bits per heavy atom. The maximum atomic E-state index is 5.38. The molecule has 1 unspecified atom stereocenters. The molecule has 1 aromatic carbocycles. The summed E-state index contributed by atoms with van der Waals surface area (Å²) in [6, 6.07) is 10.6. The molecule has 2 heterocycles. The molecule has 122 valence electrons. The molecule has 3 rings (SSSR count). The topological polar surface area (TPSA) is 46.6 Å². The van der Waals surface area contributed by atoms with E-state index in [9.17, 15) is 0 Å². The number of rotatable bonds is 5. The van der Waals surface area contributed by atoms with E-state index in [0.29, 0.717) is 6.04 Å². The predicted molar refractivity (Wildman–Crippen MR) is 89.8 cm³/mol. The van der Waals surface area contributed by atoms with Crippen LogP contribution >= 0.6 is 0 Å². The molecular formula is C18H23N3O2. The lowest BCUT2D eigenvalue weighted by molar-refractivity contribution is 0.153. The van der Waals surface area contributed by atoms with Crippen LogP contribution in [0.5, 0.6) is 11.5 Å². The van der Waals surface area contributed by atoms with E-state index in [1.807, 2.05) is 18.5 Å². The fourth-order valence-electron chi connectivity index (χ4n) is 3.04. The monoisotopic (exact) mass is 313 g/mol. The molecule has 0 aliphatic carbocycles. The first-order valence-corrected chi connectivity index (χ1v) is 7.87. The molecule has 2 aromatic rings. The second-order valence-corrected chi connectivity index (χ2v) is 5.69. The highest BCUT2D eigenvalue weighted by atomic mass is 16.5. The zero-order chi connectivity index (χ0) is 16.1. The highest BCUT2D eigenvalue weighted by Gasteiger charge is 2.24. The fourth-order valence-corrected chi connectivity index (χ4v) is 3.04. The molecule has 1 atom stereocenters. The van der Waals surface area contributed by atoms with Crippen LogP contribution in [0.25, 0.3) is 0 Å². The number of hydrogen-bond donors (Lipinski definition) is 1. The molecular weight excluding hydrogens is 290 g/mol. The first kappa shape index (κ1) is 15.8. The molecule has 1 aliphatic rings. The number of nitrogens with one attached hydrogen (secondary N) is 1. The van der Waals surface area contributed by atoms with Gasteiger partial charge in [-0.2, -0.15) is 0 Å². The Labute approximate surface area is 137 Å². The number of benzene rings is 1. The van der Waals surface area contributed by atoms with Gasteiger partial charge in [-0.25, -0.2) is 0 Å². The lowest BCUT2D eigenvalue weighted by Crippen LogP contribution is -2.45. The minimum atomic E-state index is 0.351. The summed E-state index contributed by atoms with van der Waals surface area (Å²) in [4.78, 5) is 6.61. The Morgan fingerprint density at radius 3 is 2.48 bits per heavy atom. The third-order valence-corrected chi connectivity index (χ3v) is 4.24. The minimum Gasteiger partial charge on any atom is -0.497 e. The second-order valence-electron chi connectivity index (χ2n) is 5.69. The SMILES string of the molecule is COc1cc(CN2CCNCC2c2ccncc2)cc(OC)c1. The molecule has 1 fully saturated rings. The van der Waals surface area contributed by atoms with Crippen LogP contribution in [0, 0.1) is 0 Å². The summed E-state index contributed by atoms with van der Waals surface area (Å²) in [6.07, 6.45) is 3.72. The van der Waals surface area contributed by atoms with Gasteiger partial charge in [0.2, 0.25) is 0 Å². The van der Waals surface area contributed by atoms with Gasteiger partial charge in [0.1, 0.15) is 11.5 Å². The van der Waals surface area contributed by atoms with Crippen LogP contribution in [0.4, 0.5) is 0 Å². The summed E-state index contributed by atoms with van der Waals surface area (Å²) >= 11 is 0. The van der Waals surface area contributed by atoms with Gasteiger partial charge in [-0.05, 0) is 35.4 Å². The van der Waals surface area contributed by atoms with Gasteiger partial charge < -0.3 is 14.8 Å². The van der Waals surface area contributed by atoms with Crippen molar-refractivity contribution in [2.45, 2.75) is 12.6 Å². The van der Waals surface area contributed by atoms with Gasteiger partial charge in [0.15, 0.2) is 0 Å². The summed E-state index contributed by atoms with van der Waals surface area (Å²) in [5.41, 5.74) is 2.49. The van der Waals surface area contributed by atoms with Crippen molar-refractivity contribution in [2.75, 3.05) is 33.9 Å². The van der Waals surface area contributed by atoms with E-state index in [-0.39, 0.29) is 0 Å². The molecule has 23 heavy (non-hydrogen) atoms. The first-order valence-electron chi connectivity index (χ1n) is 7.87. The van der Waals surface area contributed by atoms with Gasteiger partial charge in [0.05, 0.1) is 14.2 Å². The van der Waals surface area contributed by atoms with E-state index in [1.54, 1.807) is 14.2 Å². The Bertz CT molecular complexity index is 611. The maximum absolute atomic E-state index is 5.38. The van der Waals surface area contributed by atoms with E-state index < -0.39 is 0 Å². The Morgan fingerprint density at radius 2 is 1.83 bits per heavy atom. The molecule has 1 aliphatic heterocycles. The number of methoxy groups -OCH3 is 2. The van der Waals surface area contributed by atoms with Crippen LogP contribution in [0.3, 0.4) is 0 Å². The molecule has 5 nitrogen and oxygen atoms in total. The van der Waals surface area contributed by atoms with Crippen molar-refractivity contribution in [3.8, 4) is 11.5 Å². The molecule has 0 bridgehead atoms. The Balaban J connectivity index is 1.82. The van der Waals surface area contributed by atoms with Crippen molar-refractivity contribution in [1.82, 2.24) is 15.2 Å². The zero-order valence-corrected chi connectivity index (χ0v) is 13.7. The van der Waals surface area contributed by atoms with Gasteiger partial charge in [-0.15, -0.1) is 0 Å². The van der Waals surface area contributed by atoms with Gasteiger partial charge in [-0.3, -0.25) is 9.88 Å². The van der Waals surface area contributed by atoms with E-state index >= 15 is 0 Å². The quantitative estimate of drug-likeness (QED) is 0.917. The zero-order valence-electron chi connectivity index (χ0n) is 13.7. The Kier molecular flexibility index (Phi) is 5.10. The summed E-state index contributed by atoms with van der Waals surface area (Å²) in [5, 5.41) is 3.48. The molecule has 1 aromatic heterocycles. The van der Waals surface area contributed by atoms with Gasteiger partial charge in [-0.1, -0.05) is 0 Å². The smallest absolute Gasteiger partial charge is 0.122 e. The molecule has 1 N–H and O–H groups in total. The summed E-state index contributed by atoms with van der Waals surface area (Å²) in [7, 11) is 3.37. The largest absolute Gasteiger partial charge is 0.497 e. The molecule has 0 saturated carbocycles. The molecule has 0 spiro atoms. The van der Waals surface area contributed by atoms with Gasteiger partial charge in [0.25, 0.3) is 0 Å². The van der Waals surface area contributed by atoms with Crippen LogP contribution in [0.15, 0.2) is 42.7 Å². The minimum absolute atomic E-state index is 0.351. The predicted octanol–water partition coefficient (Wildman–Crippen LogP) is 2.25. The maximum Gasteiger partial charge on any atom is 0.122 e. The first-order chi connectivity index (χ1) is 11.3. The number of pyridine rings is 1. The van der Waals surface area contributed by atoms with Crippen LogP contribution in [-0.2, 0) is 6.54 Å². The van der Waals surface area contributed by atoms with E-state index in [0.717, 1.165) is 37.7 Å². The van der Waals surface area contributed by atoms with Crippen LogP contribution < -0.4 is 14.8 Å². The molecule has 1 saturated heterocycles. The van der Waals surface area contributed by atoms with Crippen molar-refractivity contribution in [2.24, 2.45) is 0 Å². The van der Waals surface area contributed by atoms with Crippen molar-refractivity contribution in [1.29, 1.82) is 0 Å². The lowest BCUT2D eigenvalue weighted by Gasteiger charge is -2.36. The second kappa shape index (κ2) is 7.44. The fraction of sp³-hybridized carbons (Fsp3) is 0.389. The molecule has 5 heteroatoms. The third kappa shape index (κ3) is 3.81. The molecule has 0 amide bonds. The van der Waals surface area contributed by atoms with E-state index in [4.69, 9.17) is 9.47 Å². The van der Waals surface area contributed by atoms with Crippen molar-refractivity contribution in [3.63, 3.8) is 0 Å². The van der Waals surface area contributed by atoms with Crippen LogP contribution in [-0.4, -0.2) is 43.7 Å². The van der Waals surface area contributed by atoms with Crippen molar-refractivity contribution < 1.29 is 9.47 Å². The van der Waals surface area contributed by atoms with Gasteiger partial charge in [0, 0.05) is 50.7 Å². The van der Waals surface area contributed by atoms with Crippen LogP contribution in [0.2, 0.25) is 0 Å².